The molecule has 3 atom stereocenters. The van der Waals surface area contributed by atoms with Crippen LogP contribution in [0.15, 0.2) is 42.5 Å². The van der Waals surface area contributed by atoms with Crippen LogP contribution in [-0.2, 0) is 6.42 Å². The highest BCUT2D eigenvalue weighted by Gasteiger charge is 2.54. The van der Waals surface area contributed by atoms with Crippen molar-refractivity contribution >= 4 is 23.2 Å². The number of rotatable bonds is 5. The second kappa shape index (κ2) is 8.79. The topological polar surface area (TPSA) is 71.5 Å². The number of amides is 2. The number of para-hydroxylation sites is 1. The predicted octanol–water partition coefficient (Wildman–Crippen LogP) is 4.64. The fourth-order valence-corrected chi connectivity index (χ4v) is 6.52. The van der Waals surface area contributed by atoms with Crippen molar-refractivity contribution < 1.29 is 14.3 Å². The van der Waals surface area contributed by atoms with Gasteiger partial charge in [-0.25, -0.2) is 4.98 Å². The lowest BCUT2D eigenvalue weighted by atomic mass is 10.0. The Bertz CT molecular complexity index is 1320. The molecular weight excluding hydrogens is 458 g/mol. The minimum Gasteiger partial charge on any atom is -0.492 e. The Labute approximate surface area is 209 Å². The first kappa shape index (κ1) is 22.3. The highest BCUT2D eigenvalue weighted by Crippen LogP contribution is 2.50. The van der Waals surface area contributed by atoms with E-state index in [1.54, 1.807) is 11.3 Å². The molecule has 1 saturated heterocycles. The molecule has 0 spiro atoms. The van der Waals surface area contributed by atoms with Crippen molar-refractivity contribution in [1.29, 1.82) is 0 Å². The molecule has 1 saturated carbocycles. The van der Waals surface area contributed by atoms with Crippen LogP contribution < -0.4 is 10.1 Å². The van der Waals surface area contributed by atoms with Crippen LogP contribution in [0.4, 0.5) is 0 Å². The van der Waals surface area contributed by atoms with Crippen molar-refractivity contribution in [3.8, 4) is 16.2 Å². The fraction of sp³-hybridized carbons (Fsp3) is 0.393. The van der Waals surface area contributed by atoms with Crippen LogP contribution in [0.25, 0.3) is 10.4 Å². The number of fused-ring (bicyclic) bond motifs is 2. The zero-order chi connectivity index (χ0) is 24.1. The van der Waals surface area contributed by atoms with Crippen LogP contribution in [-0.4, -0.2) is 47.4 Å². The third-order valence-corrected chi connectivity index (χ3v) is 8.45. The number of nitrogens with one attached hydrogen (secondary N) is 1. The summed E-state index contributed by atoms with van der Waals surface area (Å²) in [5.74, 6) is 1.52. The van der Waals surface area contributed by atoms with E-state index in [1.807, 2.05) is 42.2 Å². The number of likely N-dealkylation sites (tertiary alicyclic amines) is 1. The summed E-state index contributed by atoms with van der Waals surface area (Å²) in [5.41, 5.74) is 4.39. The van der Waals surface area contributed by atoms with Crippen molar-refractivity contribution in [1.82, 2.24) is 15.2 Å². The molecule has 6 nitrogen and oxygen atoms in total. The van der Waals surface area contributed by atoms with E-state index in [4.69, 9.17) is 4.74 Å². The molecule has 2 aromatic carbocycles. The predicted molar refractivity (Wildman–Crippen MR) is 136 cm³/mol. The van der Waals surface area contributed by atoms with Gasteiger partial charge in [0, 0.05) is 13.1 Å². The number of carbonyl (C=O) groups is 2. The Hall–Kier alpha value is -3.19. The van der Waals surface area contributed by atoms with Gasteiger partial charge in [-0.1, -0.05) is 42.0 Å². The number of piperidine rings is 1. The summed E-state index contributed by atoms with van der Waals surface area (Å²) in [6.45, 7) is 5.82. The van der Waals surface area contributed by atoms with Crippen molar-refractivity contribution in [2.75, 3.05) is 19.7 Å². The molecule has 0 unspecified atom stereocenters. The average Bonchev–Trinajstić information content (AvgIpc) is 3.38. The fourth-order valence-electron chi connectivity index (χ4n) is 5.62. The number of benzene rings is 2. The summed E-state index contributed by atoms with van der Waals surface area (Å²) in [5, 5.41) is 4.00. The number of ether oxygens (including phenoxy) is 1. The molecule has 3 aliphatic rings. The number of hydrogen-bond acceptors (Lipinski definition) is 5. The molecule has 7 heteroatoms. The van der Waals surface area contributed by atoms with Crippen molar-refractivity contribution in [3.05, 3.63) is 69.9 Å². The van der Waals surface area contributed by atoms with Crippen molar-refractivity contribution in [3.63, 3.8) is 0 Å². The molecular formula is C28H29N3O3S. The van der Waals surface area contributed by atoms with Crippen LogP contribution in [0.5, 0.6) is 5.75 Å². The van der Waals surface area contributed by atoms with Gasteiger partial charge in [0.05, 0.1) is 28.1 Å². The quantitative estimate of drug-likeness (QED) is 0.569. The summed E-state index contributed by atoms with van der Waals surface area (Å²) >= 11 is 1.56. The molecule has 1 N–H and O–H groups in total. The molecule has 180 valence electrons. The molecule has 35 heavy (non-hydrogen) atoms. The molecule has 3 aromatic rings. The molecule has 2 amide bonds. The SMILES string of the molecule is Cc1cccc(-c2sc(C)nc2C(=O)N2C[C@@H]3C[C@@H]3[C@H]2CNC(=O)c2cccc3c2OCCC3)c1. The maximum atomic E-state index is 13.8. The van der Waals surface area contributed by atoms with E-state index >= 15 is 0 Å². The first-order valence-electron chi connectivity index (χ1n) is 12.4. The lowest BCUT2D eigenvalue weighted by molar-refractivity contribution is 0.0690. The van der Waals surface area contributed by atoms with E-state index in [-0.39, 0.29) is 17.9 Å². The van der Waals surface area contributed by atoms with E-state index in [9.17, 15) is 9.59 Å². The monoisotopic (exact) mass is 487 g/mol. The Morgan fingerprint density at radius 2 is 2.06 bits per heavy atom. The van der Waals surface area contributed by atoms with E-state index < -0.39 is 0 Å². The molecule has 1 aromatic heterocycles. The average molecular weight is 488 g/mol. The normalized spacial score (nSPS) is 22.2. The Balaban J connectivity index is 1.21. The molecule has 3 heterocycles. The summed E-state index contributed by atoms with van der Waals surface area (Å²) in [6, 6.07) is 14.0. The van der Waals surface area contributed by atoms with Crippen molar-refractivity contribution in [2.24, 2.45) is 11.8 Å². The van der Waals surface area contributed by atoms with E-state index in [0.29, 0.717) is 42.0 Å². The highest BCUT2D eigenvalue weighted by atomic mass is 32.1. The molecule has 6 rings (SSSR count). The van der Waals surface area contributed by atoms with Gasteiger partial charge in [-0.15, -0.1) is 11.3 Å². The van der Waals surface area contributed by atoms with Gasteiger partial charge in [-0.3, -0.25) is 9.59 Å². The lowest BCUT2D eigenvalue weighted by Crippen LogP contribution is -2.45. The molecule has 2 aliphatic heterocycles. The first-order valence-corrected chi connectivity index (χ1v) is 13.2. The van der Waals surface area contributed by atoms with Crippen molar-refractivity contribution in [2.45, 2.75) is 39.2 Å². The van der Waals surface area contributed by atoms with Crippen LogP contribution >= 0.6 is 11.3 Å². The maximum Gasteiger partial charge on any atom is 0.274 e. The Morgan fingerprint density at radius 1 is 1.20 bits per heavy atom. The summed E-state index contributed by atoms with van der Waals surface area (Å²) in [6.07, 6.45) is 3.03. The molecule has 0 radical (unpaired) electrons. The summed E-state index contributed by atoms with van der Waals surface area (Å²) in [4.78, 5) is 34.4. The number of thiazole rings is 1. The second-order valence-electron chi connectivity index (χ2n) is 9.92. The van der Waals surface area contributed by atoms with Crippen LogP contribution in [0, 0.1) is 25.7 Å². The molecule has 0 bridgehead atoms. The number of carbonyl (C=O) groups excluding carboxylic acids is 2. The van der Waals surface area contributed by atoms with Gasteiger partial charge < -0.3 is 15.0 Å². The largest absolute Gasteiger partial charge is 0.492 e. The zero-order valence-corrected chi connectivity index (χ0v) is 20.9. The van der Waals surface area contributed by atoms with Gasteiger partial charge in [-0.2, -0.15) is 0 Å². The summed E-state index contributed by atoms with van der Waals surface area (Å²) < 4.78 is 5.83. The standard InChI is InChI=1S/C28H29N3O3S/c1-16-6-3-8-19(12-16)26-24(30-17(2)35-26)28(33)31-15-20-13-22(20)23(31)14-29-27(32)21-10-4-7-18-9-5-11-34-25(18)21/h3-4,6-8,10,12,20,22-23H,5,9,11,13-15H2,1-2H3,(H,29,32)/t20-,22-,23+/m0/s1. The van der Waals surface area contributed by atoms with Gasteiger partial charge in [-0.05, 0) is 62.1 Å². The van der Waals surface area contributed by atoms with Gasteiger partial charge in [0.2, 0.25) is 0 Å². The van der Waals surface area contributed by atoms with Gasteiger partial charge in [0.15, 0.2) is 0 Å². The van der Waals surface area contributed by atoms with E-state index in [1.165, 1.54) is 0 Å². The first-order chi connectivity index (χ1) is 17.0. The number of aryl methyl sites for hydroxylation is 3. The minimum absolute atomic E-state index is 0.00993. The number of nitrogens with zero attached hydrogens (tertiary/aromatic N) is 2. The number of aromatic nitrogens is 1. The van der Waals surface area contributed by atoms with Gasteiger partial charge in [0.25, 0.3) is 11.8 Å². The van der Waals surface area contributed by atoms with Crippen LogP contribution in [0.2, 0.25) is 0 Å². The number of hydrogen-bond donors (Lipinski definition) is 1. The van der Waals surface area contributed by atoms with Gasteiger partial charge >= 0.3 is 0 Å². The third kappa shape index (κ3) is 4.12. The minimum atomic E-state index is -0.134. The second-order valence-corrected chi connectivity index (χ2v) is 11.1. The Morgan fingerprint density at radius 3 is 2.91 bits per heavy atom. The van der Waals surface area contributed by atoms with Crippen LogP contribution in [0.3, 0.4) is 0 Å². The van der Waals surface area contributed by atoms with Crippen LogP contribution in [0.1, 0.15) is 49.8 Å². The van der Waals surface area contributed by atoms with E-state index in [0.717, 1.165) is 52.4 Å². The highest BCUT2D eigenvalue weighted by molar-refractivity contribution is 7.15. The third-order valence-electron chi connectivity index (χ3n) is 7.43. The molecule has 1 aliphatic carbocycles. The summed E-state index contributed by atoms with van der Waals surface area (Å²) in [7, 11) is 0. The Kier molecular flexibility index (Phi) is 5.60. The zero-order valence-electron chi connectivity index (χ0n) is 20.0. The maximum absolute atomic E-state index is 13.8. The smallest absolute Gasteiger partial charge is 0.274 e. The molecule has 2 fully saturated rings. The van der Waals surface area contributed by atoms with Gasteiger partial charge in [0.1, 0.15) is 11.4 Å². The van der Waals surface area contributed by atoms with E-state index in [2.05, 4.69) is 29.4 Å². The lowest BCUT2D eigenvalue weighted by Gasteiger charge is -2.28.